The van der Waals surface area contributed by atoms with Gasteiger partial charge in [0.1, 0.15) is 0 Å². The molecule has 1 N–H and O–H groups in total. The third-order valence-corrected chi connectivity index (χ3v) is 2.83. The van der Waals surface area contributed by atoms with Crippen LogP contribution in [-0.4, -0.2) is 27.6 Å². The zero-order valence-electron chi connectivity index (χ0n) is 10.9. The van der Waals surface area contributed by atoms with Crippen molar-refractivity contribution in [2.24, 2.45) is 0 Å². The van der Waals surface area contributed by atoms with E-state index in [9.17, 15) is 4.79 Å². The highest BCUT2D eigenvalue weighted by Gasteiger charge is 2.14. The van der Waals surface area contributed by atoms with Crippen molar-refractivity contribution in [1.82, 2.24) is 9.97 Å². The van der Waals surface area contributed by atoms with E-state index in [4.69, 9.17) is 5.11 Å². The summed E-state index contributed by atoms with van der Waals surface area (Å²) in [6.07, 6.45) is 1.46. The van der Waals surface area contributed by atoms with Crippen LogP contribution in [0.3, 0.4) is 0 Å². The lowest BCUT2D eigenvalue weighted by Crippen LogP contribution is -2.20. The van der Waals surface area contributed by atoms with Gasteiger partial charge < -0.3 is 10.0 Å². The van der Waals surface area contributed by atoms with Gasteiger partial charge in [-0.2, -0.15) is 0 Å². The molecule has 0 unspecified atom stereocenters. The Morgan fingerprint density at radius 2 is 2.05 bits per heavy atom. The van der Waals surface area contributed by atoms with Crippen LogP contribution in [0.5, 0.6) is 0 Å². The van der Waals surface area contributed by atoms with Crippen molar-refractivity contribution >= 4 is 17.6 Å². The number of carboxylic acid groups (broad SMARTS) is 1. The molecule has 0 aliphatic rings. The van der Waals surface area contributed by atoms with E-state index in [1.54, 1.807) is 0 Å². The van der Waals surface area contributed by atoms with Crippen molar-refractivity contribution in [3.05, 3.63) is 47.8 Å². The molecule has 0 saturated heterocycles. The third kappa shape index (κ3) is 2.70. The minimum absolute atomic E-state index is 0.00275. The molecule has 1 heterocycles. The zero-order valence-corrected chi connectivity index (χ0v) is 10.9. The highest BCUT2D eigenvalue weighted by Crippen LogP contribution is 2.25. The first-order valence-electron chi connectivity index (χ1n) is 6.03. The second-order valence-electron chi connectivity index (χ2n) is 4.08. The predicted molar refractivity (Wildman–Crippen MR) is 72.9 cm³/mol. The Kier molecular flexibility index (Phi) is 3.75. The predicted octanol–water partition coefficient (Wildman–Crippen LogP) is 2.64. The number of carboxylic acids is 1. The van der Waals surface area contributed by atoms with E-state index in [1.165, 1.54) is 12.3 Å². The summed E-state index contributed by atoms with van der Waals surface area (Å²) < 4.78 is 0. The first-order chi connectivity index (χ1) is 9.13. The number of nitrogens with zero attached hydrogens (tertiary/aromatic N) is 3. The number of hydrogen-bond donors (Lipinski definition) is 1. The molecule has 0 bridgehead atoms. The molecular formula is C14H15N3O2. The molecule has 0 fully saturated rings. The molecule has 2 rings (SSSR count). The summed E-state index contributed by atoms with van der Waals surface area (Å²) in [5.74, 6) is -0.652. The first-order valence-corrected chi connectivity index (χ1v) is 6.03. The van der Waals surface area contributed by atoms with Crippen LogP contribution in [-0.2, 0) is 0 Å². The van der Waals surface area contributed by atoms with Gasteiger partial charge in [0, 0.05) is 18.4 Å². The minimum atomic E-state index is -1.05. The highest BCUT2D eigenvalue weighted by atomic mass is 16.4. The summed E-state index contributed by atoms with van der Waals surface area (Å²) in [5, 5.41) is 8.98. The minimum Gasteiger partial charge on any atom is -0.477 e. The average molecular weight is 257 g/mol. The van der Waals surface area contributed by atoms with Gasteiger partial charge in [0.15, 0.2) is 5.69 Å². The Hall–Kier alpha value is -2.43. The molecule has 19 heavy (non-hydrogen) atoms. The molecule has 0 saturated carbocycles. The van der Waals surface area contributed by atoms with Gasteiger partial charge in [0.25, 0.3) is 0 Å². The molecule has 0 atom stereocenters. The smallest absolute Gasteiger partial charge is 0.354 e. The van der Waals surface area contributed by atoms with Crippen LogP contribution in [0.25, 0.3) is 0 Å². The Bertz CT molecular complexity index is 599. The highest BCUT2D eigenvalue weighted by molar-refractivity contribution is 5.85. The Labute approximate surface area is 111 Å². The van der Waals surface area contributed by atoms with E-state index >= 15 is 0 Å². The summed E-state index contributed by atoms with van der Waals surface area (Å²) in [4.78, 5) is 21.1. The number of aromatic carboxylic acids is 1. The Morgan fingerprint density at radius 1 is 1.32 bits per heavy atom. The van der Waals surface area contributed by atoms with E-state index < -0.39 is 5.97 Å². The summed E-state index contributed by atoms with van der Waals surface area (Å²) in [6, 6.07) is 9.25. The van der Waals surface area contributed by atoms with Gasteiger partial charge in [0.05, 0.1) is 0 Å². The number of rotatable bonds is 4. The molecule has 5 heteroatoms. The third-order valence-electron chi connectivity index (χ3n) is 2.83. The maximum Gasteiger partial charge on any atom is 0.354 e. The van der Waals surface area contributed by atoms with Crippen molar-refractivity contribution in [3.63, 3.8) is 0 Å². The van der Waals surface area contributed by atoms with E-state index in [-0.39, 0.29) is 5.69 Å². The second-order valence-corrected chi connectivity index (χ2v) is 4.08. The van der Waals surface area contributed by atoms with Crippen LogP contribution in [0.15, 0.2) is 36.5 Å². The SMILES string of the molecule is CCN(c1nccc(C(=O)O)n1)c1ccccc1C. The lowest BCUT2D eigenvalue weighted by atomic mass is 10.2. The monoisotopic (exact) mass is 257 g/mol. The first kappa shape index (κ1) is 13.0. The van der Waals surface area contributed by atoms with Crippen LogP contribution >= 0.6 is 0 Å². The van der Waals surface area contributed by atoms with E-state index in [0.29, 0.717) is 12.5 Å². The number of hydrogen-bond acceptors (Lipinski definition) is 4. The summed E-state index contributed by atoms with van der Waals surface area (Å²) in [7, 11) is 0. The van der Waals surface area contributed by atoms with Crippen molar-refractivity contribution in [2.45, 2.75) is 13.8 Å². The van der Waals surface area contributed by atoms with Gasteiger partial charge in [-0.05, 0) is 31.5 Å². The molecule has 0 amide bonds. The molecule has 1 aromatic carbocycles. The number of aromatic nitrogens is 2. The maximum atomic E-state index is 11.0. The van der Waals surface area contributed by atoms with Gasteiger partial charge in [-0.1, -0.05) is 18.2 Å². The zero-order chi connectivity index (χ0) is 13.8. The number of para-hydroxylation sites is 1. The number of carbonyl (C=O) groups is 1. The van der Waals surface area contributed by atoms with Crippen LogP contribution < -0.4 is 4.90 Å². The van der Waals surface area contributed by atoms with Crippen molar-refractivity contribution in [3.8, 4) is 0 Å². The maximum absolute atomic E-state index is 11.0. The Balaban J connectivity index is 2.45. The lowest BCUT2D eigenvalue weighted by Gasteiger charge is -2.22. The lowest BCUT2D eigenvalue weighted by molar-refractivity contribution is 0.0690. The molecule has 2 aromatic rings. The fraction of sp³-hybridized carbons (Fsp3) is 0.214. The van der Waals surface area contributed by atoms with Crippen molar-refractivity contribution in [2.75, 3.05) is 11.4 Å². The number of benzene rings is 1. The number of aryl methyl sites for hydroxylation is 1. The molecule has 1 aromatic heterocycles. The van der Waals surface area contributed by atoms with E-state index in [2.05, 4.69) is 9.97 Å². The average Bonchev–Trinajstić information content (AvgIpc) is 2.42. The summed E-state index contributed by atoms with van der Waals surface area (Å²) >= 11 is 0. The van der Waals surface area contributed by atoms with Gasteiger partial charge in [-0.15, -0.1) is 0 Å². The van der Waals surface area contributed by atoms with Crippen molar-refractivity contribution < 1.29 is 9.90 Å². The molecule has 0 spiro atoms. The van der Waals surface area contributed by atoms with Gasteiger partial charge in [0.2, 0.25) is 5.95 Å². The molecule has 98 valence electrons. The van der Waals surface area contributed by atoms with Gasteiger partial charge in [-0.3, -0.25) is 0 Å². The van der Waals surface area contributed by atoms with Crippen LogP contribution in [0.1, 0.15) is 23.0 Å². The van der Waals surface area contributed by atoms with Crippen LogP contribution in [0, 0.1) is 6.92 Å². The fourth-order valence-electron chi connectivity index (χ4n) is 1.88. The van der Waals surface area contributed by atoms with Gasteiger partial charge in [-0.25, -0.2) is 14.8 Å². The second kappa shape index (κ2) is 5.48. The largest absolute Gasteiger partial charge is 0.477 e. The molecule has 0 aliphatic carbocycles. The number of anilines is 2. The van der Waals surface area contributed by atoms with Gasteiger partial charge >= 0.3 is 5.97 Å². The molecule has 5 nitrogen and oxygen atoms in total. The summed E-state index contributed by atoms with van der Waals surface area (Å²) in [5.41, 5.74) is 2.07. The molecular weight excluding hydrogens is 242 g/mol. The Morgan fingerprint density at radius 3 is 2.68 bits per heavy atom. The quantitative estimate of drug-likeness (QED) is 0.912. The molecule has 0 aliphatic heterocycles. The van der Waals surface area contributed by atoms with E-state index in [0.717, 1.165) is 11.3 Å². The van der Waals surface area contributed by atoms with Crippen molar-refractivity contribution in [1.29, 1.82) is 0 Å². The van der Waals surface area contributed by atoms with E-state index in [1.807, 2.05) is 43.0 Å². The summed E-state index contributed by atoms with van der Waals surface area (Å²) in [6.45, 7) is 4.64. The normalized spacial score (nSPS) is 10.2. The molecule has 0 radical (unpaired) electrons. The fourth-order valence-corrected chi connectivity index (χ4v) is 1.88. The topological polar surface area (TPSA) is 66.3 Å². The standard InChI is InChI=1S/C14H15N3O2/c1-3-17(12-7-5-4-6-10(12)2)14-15-9-8-11(16-14)13(18)19/h4-9H,3H2,1-2H3,(H,18,19). The van der Waals surface area contributed by atoms with Crippen LogP contribution in [0.4, 0.5) is 11.6 Å². The van der Waals surface area contributed by atoms with Crippen LogP contribution in [0.2, 0.25) is 0 Å².